The van der Waals surface area contributed by atoms with Gasteiger partial charge in [-0.3, -0.25) is 10.2 Å². The summed E-state index contributed by atoms with van der Waals surface area (Å²) in [5.41, 5.74) is 4.45. The van der Waals surface area contributed by atoms with Crippen LogP contribution in [0, 0.1) is 5.41 Å². The molecule has 0 amide bonds. The minimum absolute atomic E-state index is 0.218. The molecule has 0 bridgehead atoms. The third-order valence-corrected chi connectivity index (χ3v) is 2.55. The van der Waals surface area contributed by atoms with Crippen LogP contribution in [0.2, 0.25) is 0 Å². The van der Waals surface area contributed by atoms with Crippen LogP contribution in [-0.4, -0.2) is 21.9 Å². The number of halogens is 3. The Labute approximate surface area is 111 Å². The van der Waals surface area contributed by atoms with Crippen LogP contribution in [0.3, 0.4) is 0 Å². The van der Waals surface area contributed by atoms with Crippen molar-refractivity contribution in [3.63, 3.8) is 0 Å². The zero-order valence-corrected chi connectivity index (χ0v) is 9.98. The van der Waals surface area contributed by atoms with Gasteiger partial charge in [-0.05, 0) is 18.2 Å². The lowest BCUT2D eigenvalue weighted by Gasteiger charge is -2.06. The second-order valence-electron chi connectivity index (χ2n) is 3.95. The summed E-state index contributed by atoms with van der Waals surface area (Å²) in [5, 5.41) is 10.7. The topological polar surface area (TPSA) is 84.8 Å². The number of aromatic nitrogens is 2. The van der Waals surface area contributed by atoms with Crippen LogP contribution in [-0.2, 0) is 6.18 Å². The first-order valence-electron chi connectivity index (χ1n) is 5.40. The summed E-state index contributed by atoms with van der Waals surface area (Å²) in [4.78, 5) is 10.9. The molecule has 1 heterocycles. The fourth-order valence-corrected chi connectivity index (χ4v) is 1.63. The highest BCUT2D eigenvalue weighted by Crippen LogP contribution is 2.29. The maximum atomic E-state index is 12.6. The molecule has 104 valence electrons. The van der Waals surface area contributed by atoms with Crippen LogP contribution in [0.4, 0.5) is 13.2 Å². The summed E-state index contributed by atoms with van der Waals surface area (Å²) >= 11 is 0. The molecule has 0 atom stereocenters. The van der Waals surface area contributed by atoms with Gasteiger partial charge in [-0.15, -0.1) is 0 Å². The first-order chi connectivity index (χ1) is 9.32. The summed E-state index contributed by atoms with van der Waals surface area (Å²) in [6.45, 7) is 0. The second kappa shape index (κ2) is 4.80. The average molecular weight is 282 g/mol. The van der Waals surface area contributed by atoms with E-state index < -0.39 is 11.9 Å². The van der Waals surface area contributed by atoms with Crippen molar-refractivity contribution < 1.29 is 18.0 Å². The second-order valence-corrected chi connectivity index (χ2v) is 3.95. The molecule has 0 aliphatic rings. The molecule has 2 aromatic rings. The third kappa shape index (κ3) is 2.53. The molecule has 20 heavy (non-hydrogen) atoms. The number of amidine groups is 1. The van der Waals surface area contributed by atoms with Crippen molar-refractivity contribution in [3.05, 3.63) is 47.3 Å². The largest absolute Gasteiger partial charge is 0.435 e. The number of aldehydes is 1. The normalized spacial score (nSPS) is 11.3. The van der Waals surface area contributed by atoms with Crippen LogP contribution < -0.4 is 5.73 Å². The van der Waals surface area contributed by atoms with Crippen LogP contribution in [0.1, 0.15) is 21.7 Å². The number of carbonyl (C=O) groups is 1. The molecule has 5 nitrogen and oxygen atoms in total. The molecule has 0 saturated carbocycles. The van der Waals surface area contributed by atoms with Crippen molar-refractivity contribution in [1.82, 2.24) is 9.78 Å². The fraction of sp³-hybridized carbons (Fsp3) is 0.0833. The predicted molar refractivity (Wildman–Crippen MR) is 65.0 cm³/mol. The van der Waals surface area contributed by atoms with Crippen molar-refractivity contribution in [3.8, 4) is 5.69 Å². The van der Waals surface area contributed by atoms with Gasteiger partial charge in [0.2, 0.25) is 0 Å². The molecule has 0 spiro atoms. The number of hydrogen-bond acceptors (Lipinski definition) is 3. The Morgan fingerprint density at radius 2 is 2.05 bits per heavy atom. The summed E-state index contributed by atoms with van der Waals surface area (Å²) in [6, 6.07) is 6.54. The number of nitrogens with zero attached hydrogens (tertiary/aromatic N) is 2. The molecule has 0 radical (unpaired) electrons. The Hall–Kier alpha value is -2.64. The smallest absolute Gasteiger partial charge is 0.384 e. The minimum atomic E-state index is -4.64. The van der Waals surface area contributed by atoms with Gasteiger partial charge in [0.1, 0.15) is 11.5 Å². The van der Waals surface area contributed by atoms with Gasteiger partial charge in [0.15, 0.2) is 12.0 Å². The highest BCUT2D eigenvalue weighted by Gasteiger charge is 2.35. The molecule has 0 unspecified atom stereocenters. The number of alkyl halides is 3. The van der Waals surface area contributed by atoms with Crippen molar-refractivity contribution >= 4 is 12.1 Å². The van der Waals surface area contributed by atoms with Crippen LogP contribution in [0.15, 0.2) is 30.3 Å². The molecule has 1 aromatic heterocycles. The van der Waals surface area contributed by atoms with Gasteiger partial charge in [-0.2, -0.15) is 18.3 Å². The van der Waals surface area contributed by atoms with Crippen molar-refractivity contribution in [1.29, 1.82) is 5.41 Å². The Morgan fingerprint density at radius 1 is 1.35 bits per heavy atom. The van der Waals surface area contributed by atoms with Gasteiger partial charge >= 0.3 is 6.18 Å². The maximum absolute atomic E-state index is 12.6. The standard InChI is InChI=1S/C12H9F3N4O/c13-12(14,15)10-5-9(6-20)19(18-10)8-3-1-2-7(4-8)11(16)17/h1-6H,(H3,16,17). The molecular formula is C12H9F3N4O. The van der Waals surface area contributed by atoms with Crippen LogP contribution in [0.5, 0.6) is 0 Å². The minimum Gasteiger partial charge on any atom is -0.384 e. The Balaban J connectivity index is 2.57. The molecule has 8 heteroatoms. The number of hydrogen-bond donors (Lipinski definition) is 2. The molecule has 0 saturated heterocycles. The van der Waals surface area contributed by atoms with E-state index in [-0.39, 0.29) is 23.5 Å². The number of carbonyl (C=O) groups excluding carboxylic acids is 1. The summed E-state index contributed by atoms with van der Waals surface area (Å²) < 4.78 is 38.6. The molecular weight excluding hydrogens is 273 g/mol. The van der Waals surface area contributed by atoms with Gasteiger partial charge in [0.05, 0.1) is 5.69 Å². The first kappa shape index (κ1) is 13.8. The van der Waals surface area contributed by atoms with Crippen LogP contribution >= 0.6 is 0 Å². The van der Waals surface area contributed by atoms with E-state index in [0.29, 0.717) is 11.6 Å². The van der Waals surface area contributed by atoms with Gasteiger partial charge in [0.25, 0.3) is 0 Å². The third-order valence-electron chi connectivity index (χ3n) is 2.55. The fourth-order valence-electron chi connectivity index (χ4n) is 1.63. The van der Waals surface area contributed by atoms with Gasteiger partial charge in [0, 0.05) is 5.56 Å². The highest BCUT2D eigenvalue weighted by molar-refractivity contribution is 5.95. The van der Waals surface area contributed by atoms with E-state index in [1.54, 1.807) is 0 Å². The Morgan fingerprint density at radius 3 is 2.60 bits per heavy atom. The Bertz CT molecular complexity index is 676. The number of rotatable bonds is 3. The van der Waals surface area contributed by atoms with Crippen LogP contribution in [0.25, 0.3) is 5.69 Å². The van der Waals surface area contributed by atoms with E-state index in [0.717, 1.165) is 4.68 Å². The monoisotopic (exact) mass is 282 g/mol. The lowest BCUT2D eigenvalue weighted by molar-refractivity contribution is -0.141. The molecule has 2 rings (SSSR count). The number of nitrogens with one attached hydrogen (secondary N) is 1. The summed E-state index contributed by atoms with van der Waals surface area (Å²) in [6.07, 6.45) is -4.36. The molecule has 1 aromatic carbocycles. The van der Waals surface area contributed by atoms with Crippen molar-refractivity contribution in [2.75, 3.05) is 0 Å². The first-order valence-corrected chi connectivity index (χ1v) is 5.40. The van der Waals surface area contributed by atoms with E-state index in [2.05, 4.69) is 5.10 Å². The lowest BCUT2D eigenvalue weighted by atomic mass is 10.2. The van der Waals surface area contributed by atoms with E-state index >= 15 is 0 Å². The molecule has 3 N–H and O–H groups in total. The van der Waals surface area contributed by atoms with Gasteiger partial charge in [-0.25, -0.2) is 4.68 Å². The van der Waals surface area contributed by atoms with Crippen molar-refractivity contribution in [2.24, 2.45) is 5.73 Å². The summed E-state index contributed by atoms with van der Waals surface area (Å²) in [7, 11) is 0. The predicted octanol–water partition coefficient (Wildman–Crippen LogP) is 1.99. The molecule has 0 fully saturated rings. The maximum Gasteiger partial charge on any atom is 0.435 e. The zero-order chi connectivity index (χ0) is 14.9. The van der Waals surface area contributed by atoms with Crippen molar-refractivity contribution in [2.45, 2.75) is 6.18 Å². The van der Waals surface area contributed by atoms with E-state index in [1.165, 1.54) is 24.3 Å². The van der Waals surface area contributed by atoms with E-state index in [4.69, 9.17) is 11.1 Å². The quantitative estimate of drug-likeness (QED) is 0.513. The van der Waals surface area contributed by atoms with Gasteiger partial charge in [-0.1, -0.05) is 12.1 Å². The summed E-state index contributed by atoms with van der Waals surface area (Å²) in [5.74, 6) is -0.234. The Kier molecular flexibility index (Phi) is 3.31. The van der Waals surface area contributed by atoms with E-state index in [1.807, 2.05) is 0 Å². The van der Waals surface area contributed by atoms with Gasteiger partial charge < -0.3 is 5.73 Å². The SMILES string of the molecule is N=C(N)c1cccc(-n2nc(C(F)(F)F)cc2C=O)c1. The number of nitrogen functional groups attached to an aromatic ring is 1. The number of nitrogens with two attached hydrogens (primary N) is 1. The van der Waals surface area contributed by atoms with E-state index in [9.17, 15) is 18.0 Å². The molecule has 0 aliphatic heterocycles. The molecule has 0 aliphatic carbocycles. The highest BCUT2D eigenvalue weighted by atomic mass is 19.4. The number of benzene rings is 1. The average Bonchev–Trinajstić information content (AvgIpc) is 2.82. The zero-order valence-electron chi connectivity index (χ0n) is 9.98. The lowest BCUT2D eigenvalue weighted by Crippen LogP contribution is -2.12.